The highest BCUT2D eigenvalue weighted by molar-refractivity contribution is 8.00. The zero-order valence-corrected chi connectivity index (χ0v) is 24.8. The topological polar surface area (TPSA) is 109 Å². The predicted molar refractivity (Wildman–Crippen MR) is 174 cm³/mol. The monoisotopic (exact) mass is 608 g/mol. The number of carbonyl (C=O) groups is 3. The molecule has 5 aromatic rings. The summed E-state index contributed by atoms with van der Waals surface area (Å²) in [6, 6.07) is 30.8. The molecule has 0 unspecified atom stereocenters. The van der Waals surface area contributed by atoms with Crippen molar-refractivity contribution in [2.24, 2.45) is 0 Å². The maximum Gasteiger partial charge on any atom is 0.272 e. The highest BCUT2D eigenvalue weighted by Crippen LogP contribution is 2.27. The van der Waals surface area contributed by atoms with Crippen molar-refractivity contribution in [3.05, 3.63) is 120 Å². The zero-order chi connectivity index (χ0) is 30.0. The van der Waals surface area contributed by atoms with Gasteiger partial charge in [-0.2, -0.15) is 0 Å². The van der Waals surface area contributed by atoms with Gasteiger partial charge in [-0.3, -0.25) is 14.4 Å². The van der Waals surface area contributed by atoms with E-state index in [1.165, 1.54) is 23.1 Å². The van der Waals surface area contributed by atoms with Crippen LogP contribution in [-0.2, 0) is 9.59 Å². The summed E-state index contributed by atoms with van der Waals surface area (Å²) in [6.45, 7) is 2.33. The van der Waals surface area contributed by atoms with Crippen molar-refractivity contribution in [1.82, 2.24) is 10.3 Å². The largest absolute Gasteiger partial charge is 0.493 e. The molecule has 0 spiro atoms. The minimum absolute atomic E-state index is 0.0503. The van der Waals surface area contributed by atoms with Crippen molar-refractivity contribution >= 4 is 67.9 Å². The maximum absolute atomic E-state index is 13.5. The third-order valence-electron chi connectivity index (χ3n) is 6.05. The third-order valence-corrected chi connectivity index (χ3v) is 8.00. The Kier molecular flexibility index (Phi) is 9.83. The van der Waals surface area contributed by atoms with Crippen LogP contribution in [0.25, 0.3) is 16.3 Å². The molecule has 0 radical (unpaired) electrons. The van der Waals surface area contributed by atoms with Gasteiger partial charge >= 0.3 is 0 Å². The number of carbonyl (C=O) groups excluding carboxylic acids is 3. The number of aromatic nitrogens is 1. The molecule has 10 heteroatoms. The molecule has 4 aromatic carbocycles. The molecule has 0 aliphatic rings. The van der Waals surface area contributed by atoms with Crippen LogP contribution < -0.4 is 20.7 Å². The Labute approximate surface area is 257 Å². The first kappa shape index (κ1) is 29.6. The number of hydrogen-bond donors (Lipinski definition) is 3. The summed E-state index contributed by atoms with van der Waals surface area (Å²) in [5.41, 5.74) is 2.47. The van der Waals surface area contributed by atoms with Crippen LogP contribution in [0.1, 0.15) is 22.8 Å². The highest BCUT2D eigenvalue weighted by Gasteiger charge is 2.17. The van der Waals surface area contributed by atoms with Gasteiger partial charge in [-0.1, -0.05) is 65.9 Å². The summed E-state index contributed by atoms with van der Waals surface area (Å²) < 4.78 is 6.72. The fraction of sp³-hybridized carbons (Fsp3) is 0.0909. The van der Waals surface area contributed by atoms with Gasteiger partial charge in [-0.15, -0.1) is 11.8 Å². The number of para-hydroxylation sites is 2. The molecule has 1 aromatic heterocycles. The molecule has 0 aliphatic heterocycles. The lowest BCUT2D eigenvalue weighted by atomic mass is 10.1. The van der Waals surface area contributed by atoms with Crippen LogP contribution in [-0.4, -0.2) is 35.1 Å². The van der Waals surface area contributed by atoms with Crippen LogP contribution in [0.3, 0.4) is 0 Å². The highest BCUT2D eigenvalue weighted by atomic mass is 32.2. The van der Waals surface area contributed by atoms with E-state index in [0.29, 0.717) is 34.3 Å². The number of thioether (sulfide) groups is 1. The predicted octanol–water partition coefficient (Wildman–Crippen LogP) is 6.84. The van der Waals surface area contributed by atoms with E-state index in [9.17, 15) is 14.4 Å². The summed E-state index contributed by atoms with van der Waals surface area (Å²) in [5, 5.41) is 9.02. The van der Waals surface area contributed by atoms with E-state index in [2.05, 4.69) is 20.9 Å². The minimum atomic E-state index is -0.508. The molecule has 0 fully saturated rings. The molecule has 216 valence electrons. The first-order chi connectivity index (χ1) is 21.0. The van der Waals surface area contributed by atoms with E-state index in [1.54, 1.807) is 54.6 Å². The number of rotatable bonds is 11. The summed E-state index contributed by atoms with van der Waals surface area (Å²) >= 11 is 2.76. The van der Waals surface area contributed by atoms with Crippen LogP contribution in [0, 0.1) is 0 Å². The van der Waals surface area contributed by atoms with Crippen molar-refractivity contribution in [2.45, 2.75) is 11.8 Å². The van der Waals surface area contributed by atoms with Gasteiger partial charge in [-0.05, 0) is 61.5 Å². The Morgan fingerprint density at radius 1 is 0.884 bits per heavy atom. The van der Waals surface area contributed by atoms with Gasteiger partial charge in [0.05, 0.1) is 22.6 Å². The van der Waals surface area contributed by atoms with Crippen molar-refractivity contribution in [1.29, 1.82) is 0 Å². The Morgan fingerprint density at radius 2 is 1.65 bits per heavy atom. The Bertz CT molecular complexity index is 1750. The lowest BCUT2D eigenvalue weighted by Gasteiger charge is -2.13. The molecule has 0 saturated heterocycles. The fourth-order valence-corrected chi connectivity index (χ4v) is 5.71. The fourth-order valence-electron chi connectivity index (χ4n) is 4.08. The van der Waals surface area contributed by atoms with Gasteiger partial charge in [0.25, 0.3) is 11.8 Å². The number of benzene rings is 4. The van der Waals surface area contributed by atoms with Gasteiger partial charge in [-0.25, -0.2) is 4.98 Å². The Morgan fingerprint density at radius 3 is 2.47 bits per heavy atom. The molecule has 43 heavy (non-hydrogen) atoms. The minimum Gasteiger partial charge on any atom is -0.493 e. The molecule has 0 saturated carbocycles. The number of hydrogen-bond acceptors (Lipinski definition) is 7. The molecule has 0 atom stereocenters. The summed E-state index contributed by atoms with van der Waals surface area (Å²) in [6.07, 6.45) is 1.59. The van der Waals surface area contributed by atoms with E-state index in [-0.39, 0.29) is 17.4 Å². The van der Waals surface area contributed by atoms with Gasteiger partial charge in [0.2, 0.25) is 5.91 Å². The Hall–Kier alpha value is -4.93. The van der Waals surface area contributed by atoms with E-state index in [4.69, 9.17) is 4.74 Å². The molecule has 3 amide bonds. The average molecular weight is 609 g/mol. The number of ether oxygens (including phenoxy) is 1. The van der Waals surface area contributed by atoms with Crippen LogP contribution >= 0.6 is 23.1 Å². The van der Waals surface area contributed by atoms with Crippen LogP contribution in [0.5, 0.6) is 5.75 Å². The lowest BCUT2D eigenvalue weighted by Crippen LogP contribution is -2.30. The first-order valence-electron chi connectivity index (χ1n) is 13.5. The van der Waals surface area contributed by atoms with Gasteiger partial charge in [0.1, 0.15) is 11.4 Å². The van der Waals surface area contributed by atoms with Gasteiger partial charge in [0.15, 0.2) is 5.13 Å². The summed E-state index contributed by atoms with van der Waals surface area (Å²) in [7, 11) is 0. The lowest BCUT2D eigenvalue weighted by molar-refractivity contribution is -0.114. The van der Waals surface area contributed by atoms with E-state index < -0.39 is 11.8 Å². The Balaban J connectivity index is 1.28. The SMILES string of the molecule is CCOc1ccccc1/C=C(/NC(=O)c1ccccc1)C(=O)Nc1cccc(SCC(=O)Nc2nc3ccccc3s2)c1. The van der Waals surface area contributed by atoms with E-state index in [0.717, 1.165) is 15.1 Å². The molecule has 0 bridgehead atoms. The smallest absolute Gasteiger partial charge is 0.272 e. The van der Waals surface area contributed by atoms with Crippen molar-refractivity contribution in [2.75, 3.05) is 23.0 Å². The van der Waals surface area contributed by atoms with E-state index in [1.807, 2.05) is 61.5 Å². The van der Waals surface area contributed by atoms with Gasteiger partial charge in [0, 0.05) is 21.7 Å². The number of nitrogens with zero attached hydrogens (tertiary/aromatic N) is 1. The number of anilines is 2. The van der Waals surface area contributed by atoms with Crippen LogP contribution in [0.2, 0.25) is 0 Å². The van der Waals surface area contributed by atoms with Crippen LogP contribution in [0.15, 0.2) is 114 Å². The van der Waals surface area contributed by atoms with Crippen molar-refractivity contribution < 1.29 is 19.1 Å². The van der Waals surface area contributed by atoms with Crippen LogP contribution in [0.4, 0.5) is 10.8 Å². The second kappa shape index (κ2) is 14.3. The standard InChI is InChI=1S/C33H28N4O4S2/c1-2-41-28-17-8-6-13-23(28)19-27(35-31(39)22-11-4-3-5-12-22)32(40)34-24-14-10-15-25(20-24)42-21-30(38)37-33-36-26-16-7-9-18-29(26)43-33/h3-20H,2,21H2,1H3,(H,34,40)(H,35,39)(H,36,37,38)/b27-19+. The molecule has 8 nitrogen and oxygen atoms in total. The van der Waals surface area contributed by atoms with Crippen molar-refractivity contribution in [3.63, 3.8) is 0 Å². The number of fused-ring (bicyclic) bond motifs is 1. The molecule has 3 N–H and O–H groups in total. The number of thiazole rings is 1. The quantitative estimate of drug-likeness (QED) is 0.112. The number of amides is 3. The van der Waals surface area contributed by atoms with Crippen molar-refractivity contribution in [3.8, 4) is 5.75 Å². The molecule has 0 aliphatic carbocycles. The molecule has 1 heterocycles. The first-order valence-corrected chi connectivity index (χ1v) is 15.3. The summed E-state index contributed by atoms with van der Waals surface area (Å²) in [5.74, 6) is -0.349. The third kappa shape index (κ3) is 8.09. The second-order valence-electron chi connectivity index (χ2n) is 9.15. The zero-order valence-electron chi connectivity index (χ0n) is 23.2. The molecular weight excluding hydrogens is 581 g/mol. The maximum atomic E-state index is 13.5. The van der Waals surface area contributed by atoms with E-state index >= 15 is 0 Å². The molecular formula is C33H28N4O4S2. The summed E-state index contributed by atoms with van der Waals surface area (Å²) in [4.78, 5) is 44.3. The number of nitrogens with one attached hydrogen (secondary N) is 3. The molecule has 5 rings (SSSR count). The van der Waals surface area contributed by atoms with Gasteiger partial charge < -0.3 is 20.7 Å². The second-order valence-corrected chi connectivity index (χ2v) is 11.2. The normalized spacial score (nSPS) is 11.1. The average Bonchev–Trinajstić information content (AvgIpc) is 3.43.